The fourth-order valence-electron chi connectivity index (χ4n) is 3.09. The molecule has 0 aliphatic carbocycles. The molecule has 0 bridgehead atoms. The normalized spacial score (nSPS) is 10.5. The number of nitrogens with two attached hydrogens (primary N) is 2. The lowest BCUT2D eigenvalue weighted by Gasteiger charge is -2.15. The van der Waals surface area contributed by atoms with E-state index < -0.39 is 0 Å². The average Bonchev–Trinajstić information content (AvgIpc) is 2.74. The Hall–Kier alpha value is -3.92. The maximum atomic E-state index is 6.10. The number of benzene rings is 4. The number of ether oxygens (including phenoxy) is 2. The summed E-state index contributed by atoms with van der Waals surface area (Å²) in [5.41, 5.74) is 15.4. The van der Waals surface area contributed by atoms with E-state index in [1.807, 2.05) is 97.1 Å². The second kappa shape index (κ2) is 8.40. The molecule has 0 saturated heterocycles. The Morgan fingerprint density at radius 3 is 1.21 bits per heavy atom. The van der Waals surface area contributed by atoms with Crippen molar-refractivity contribution in [1.29, 1.82) is 0 Å². The van der Waals surface area contributed by atoms with Gasteiger partial charge in [-0.2, -0.15) is 0 Å². The van der Waals surface area contributed by atoms with Crippen molar-refractivity contribution in [1.82, 2.24) is 0 Å². The quantitative estimate of drug-likeness (QED) is 0.400. The second-order valence-corrected chi connectivity index (χ2v) is 6.67. The van der Waals surface area contributed by atoms with Gasteiger partial charge in [0.1, 0.15) is 23.0 Å². The predicted molar refractivity (Wildman–Crippen MR) is 118 cm³/mol. The smallest absolute Gasteiger partial charge is 0.150 e. The molecule has 0 spiro atoms. The first-order valence-corrected chi connectivity index (χ1v) is 9.41. The highest BCUT2D eigenvalue weighted by molar-refractivity contribution is 5.56. The van der Waals surface area contributed by atoms with Crippen LogP contribution in [0.25, 0.3) is 0 Å². The largest absolute Gasteiger partial charge is 0.455 e. The molecule has 0 heterocycles. The molecule has 0 fully saturated rings. The van der Waals surface area contributed by atoms with Gasteiger partial charge in [-0.3, -0.25) is 0 Å². The minimum atomic E-state index is 0.602. The molecule has 0 saturated carbocycles. The van der Waals surface area contributed by atoms with Crippen molar-refractivity contribution in [2.75, 3.05) is 11.5 Å². The van der Waals surface area contributed by atoms with Crippen LogP contribution < -0.4 is 20.9 Å². The molecule has 4 aromatic carbocycles. The summed E-state index contributed by atoms with van der Waals surface area (Å²) in [7, 11) is 0. The lowest BCUT2D eigenvalue weighted by atomic mass is 10.0. The standard InChI is InChI=1S/C25H22N2O2/c26-20-11-3-7-15-24(20)28-22-13-5-1-9-18(22)17-19-10-2-6-14-23(19)29-25-16-8-4-12-21(25)27/h1-16H,17,26-27H2. The van der Waals surface area contributed by atoms with E-state index >= 15 is 0 Å². The molecule has 144 valence electrons. The average molecular weight is 382 g/mol. The third-order valence-corrected chi connectivity index (χ3v) is 4.60. The summed E-state index contributed by atoms with van der Waals surface area (Å²) in [5.74, 6) is 2.81. The lowest BCUT2D eigenvalue weighted by Crippen LogP contribution is -1.98. The Morgan fingerprint density at radius 2 is 0.793 bits per heavy atom. The highest BCUT2D eigenvalue weighted by Crippen LogP contribution is 2.34. The molecule has 29 heavy (non-hydrogen) atoms. The Balaban J connectivity index is 1.62. The van der Waals surface area contributed by atoms with Crippen molar-refractivity contribution in [3.05, 3.63) is 108 Å². The van der Waals surface area contributed by atoms with Crippen molar-refractivity contribution in [3.8, 4) is 23.0 Å². The van der Waals surface area contributed by atoms with Gasteiger partial charge in [-0.05, 0) is 47.5 Å². The zero-order valence-electron chi connectivity index (χ0n) is 15.9. The van der Waals surface area contributed by atoms with Crippen LogP contribution in [0.15, 0.2) is 97.1 Å². The molecule has 0 amide bonds. The van der Waals surface area contributed by atoms with Gasteiger partial charge in [-0.25, -0.2) is 0 Å². The number of anilines is 2. The van der Waals surface area contributed by atoms with Crippen molar-refractivity contribution < 1.29 is 9.47 Å². The molecule has 0 atom stereocenters. The van der Waals surface area contributed by atoms with Gasteiger partial charge in [0.25, 0.3) is 0 Å². The summed E-state index contributed by atoms with van der Waals surface area (Å²) in [6, 6.07) is 30.8. The van der Waals surface area contributed by atoms with Crippen LogP contribution in [0.2, 0.25) is 0 Å². The molecular weight excluding hydrogens is 360 g/mol. The van der Waals surface area contributed by atoms with E-state index in [0.29, 0.717) is 29.3 Å². The van der Waals surface area contributed by atoms with Crippen molar-refractivity contribution in [2.24, 2.45) is 0 Å². The first kappa shape index (κ1) is 18.4. The van der Waals surface area contributed by atoms with E-state index in [4.69, 9.17) is 20.9 Å². The summed E-state index contributed by atoms with van der Waals surface area (Å²) in [6.07, 6.45) is 0.645. The van der Waals surface area contributed by atoms with Crippen LogP contribution in [0.1, 0.15) is 11.1 Å². The summed E-state index contributed by atoms with van der Waals surface area (Å²) in [4.78, 5) is 0. The fourth-order valence-corrected chi connectivity index (χ4v) is 3.09. The zero-order chi connectivity index (χ0) is 20.1. The molecular formula is C25H22N2O2. The van der Waals surface area contributed by atoms with Crippen molar-refractivity contribution >= 4 is 11.4 Å². The molecule has 4 N–H and O–H groups in total. The van der Waals surface area contributed by atoms with Gasteiger partial charge in [0, 0.05) is 6.42 Å². The molecule has 4 nitrogen and oxygen atoms in total. The molecule has 4 rings (SSSR count). The lowest BCUT2D eigenvalue weighted by molar-refractivity contribution is 0.473. The maximum Gasteiger partial charge on any atom is 0.150 e. The zero-order valence-corrected chi connectivity index (χ0v) is 15.9. The highest BCUT2D eigenvalue weighted by atomic mass is 16.5. The van der Waals surface area contributed by atoms with Gasteiger partial charge in [-0.1, -0.05) is 60.7 Å². The van der Waals surface area contributed by atoms with Crippen LogP contribution in [0.5, 0.6) is 23.0 Å². The van der Waals surface area contributed by atoms with E-state index in [9.17, 15) is 0 Å². The Morgan fingerprint density at radius 1 is 0.448 bits per heavy atom. The van der Waals surface area contributed by atoms with Gasteiger partial charge in [0.15, 0.2) is 0 Å². The van der Waals surface area contributed by atoms with E-state index in [2.05, 4.69) is 0 Å². The number of nitrogen functional groups attached to an aromatic ring is 2. The molecule has 4 aromatic rings. The Bertz CT molecular complexity index is 1040. The van der Waals surface area contributed by atoms with Gasteiger partial charge in [0.2, 0.25) is 0 Å². The van der Waals surface area contributed by atoms with Gasteiger partial charge >= 0.3 is 0 Å². The van der Waals surface area contributed by atoms with E-state index in [1.165, 1.54) is 0 Å². The molecule has 0 aliphatic heterocycles. The molecule has 0 aromatic heterocycles. The molecule has 0 aliphatic rings. The third-order valence-electron chi connectivity index (χ3n) is 4.60. The molecule has 0 radical (unpaired) electrons. The third kappa shape index (κ3) is 4.33. The van der Waals surface area contributed by atoms with E-state index in [0.717, 1.165) is 22.6 Å². The Labute approximate surface area is 170 Å². The monoisotopic (exact) mass is 382 g/mol. The van der Waals surface area contributed by atoms with E-state index in [1.54, 1.807) is 0 Å². The minimum Gasteiger partial charge on any atom is -0.455 e. The summed E-state index contributed by atoms with van der Waals surface area (Å²) in [5, 5.41) is 0. The van der Waals surface area contributed by atoms with Crippen molar-refractivity contribution in [2.45, 2.75) is 6.42 Å². The van der Waals surface area contributed by atoms with Crippen LogP contribution in [0.3, 0.4) is 0 Å². The number of para-hydroxylation sites is 6. The first-order chi connectivity index (χ1) is 14.2. The molecule has 4 heteroatoms. The predicted octanol–water partition coefficient (Wildman–Crippen LogP) is 6.03. The van der Waals surface area contributed by atoms with Crippen LogP contribution in [-0.4, -0.2) is 0 Å². The minimum absolute atomic E-state index is 0.602. The van der Waals surface area contributed by atoms with Crippen molar-refractivity contribution in [3.63, 3.8) is 0 Å². The van der Waals surface area contributed by atoms with Crippen LogP contribution in [0, 0.1) is 0 Å². The van der Waals surface area contributed by atoms with Gasteiger partial charge in [-0.15, -0.1) is 0 Å². The summed E-state index contributed by atoms with van der Waals surface area (Å²) >= 11 is 0. The van der Waals surface area contributed by atoms with Crippen LogP contribution >= 0.6 is 0 Å². The van der Waals surface area contributed by atoms with Gasteiger partial charge in [0.05, 0.1) is 11.4 Å². The van der Waals surface area contributed by atoms with Crippen LogP contribution in [-0.2, 0) is 6.42 Å². The SMILES string of the molecule is Nc1ccccc1Oc1ccccc1Cc1ccccc1Oc1ccccc1N. The second-order valence-electron chi connectivity index (χ2n) is 6.67. The summed E-state index contributed by atoms with van der Waals surface area (Å²) in [6.45, 7) is 0. The van der Waals surface area contributed by atoms with E-state index in [-0.39, 0.29) is 0 Å². The first-order valence-electron chi connectivity index (χ1n) is 9.41. The Kier molecular flexibility index (Phi) is 5.34. The van der Waals surface area contributed by atoms with Gasteiger partial charge < -0.3 is 20.9 Å². The number of hydrogen-bond donors (Lipinski definition) is 2. The number of hydrogen-bond acceptors (Lipinski definition) is 4. The molecule has 0 unspecified atom stereocenters. The maximum absolute atomic E-state index is 6.10. The van der Waals surface area contributed by atoms with Crippen LogP contribution in [0.4, 0.5) is 11.4 Å². The fraction of sp³-hybridized carbons (Fsp3) is 0.0400. The number of rotatable bonds is 6. The summed E-state index contributed by atoms with van der Waals surface area (Å²) < 4.78 is 12.2. The highest BCUT2D eigenvalue weighted by Gasteiger charge is 2.11. The topological polar surface area (TPSA) is 70.5 Å².